The molecule has 0 radical (unpaired) electrons. The Morgan fingerprint density at radius 2 is 1.74 bits per heavy atom. The number of aromatic nitrogens is 2. The van der Waals surface area contributed by atoms with E-state index in [1.54, 1.807) is 0 Å². The van der Waals surface area contributed by atoms with E-state index < -0.39 is 6.17 Å². The van der Waals surface area contributed by atoms with Crippen LogP contribution in [-0.4, -0.2) is 22.7 Å². The quantitative estimate of drug-likeness (QED) is 0.601. The molecule has 0 saturated carbocycles. The van der Waals surface area contributed by atoms with Gasteiger partial charge in [0.15, 0.2) is 5.82 Å². The molecule has 1 aromatic carbocycles. The molecule has 0 N–H and O–H groups in total. The van der Waals surface area contributed by atoms with E-state index in [1.807, 2.05) is 50.5 Å². The van der Waals surface area contributed by atoms with Crippen LogP contribution in [0.4, 0.5) is 4.39 Å². The molecule has 0 aliphatic heterocycles. The summed E-state index contributed by atoms with van der Waals surface area (Å²) in [5, 5.41) is 0. The van der Waals surface area contributed by atoms with E-state index in [-0.39, 0.29) is 0 Å². The van der Waals surface area contributed by atoms with Gasteiger partial charge in [-0.15, -0.1) is 0 Å². The lowest BCUT2D eigenvalue weighted by Gasteiger charge is -2.08. The zero-order chi connectivity index (χ0) is 16.5. The molecule has 2 aromatic rings. The Labute approximate surface area is 137 Å². The molecule has 1 atom stereocenters. The van der Waals surface area contributed by atoms with Gasteiger partial charge in [-0.1, -0.05) is 13.3 Å². The molecule has 2 rings (SSSR count). The molecule has 1 aromatic heterocycles. The smallest absolute Gasteiger partial charge is 0.159 e. The van der Waals surface area contributed by atoms with Crippen molar-refractivity contribution in [1.29, 1.82) is 0 Å². The second-order valence-corrected chi connectivity index (χ2v) is 5.81. The fourth-order valence-electron chi connectivity index (χ4n) is 2.28. The van der Waals surface area contributed by atoms with Crippen molar-refractivity contribution in [3.8, 4) is 17.1 Å². The molecule has 1 heterocycles. The van der Waals surface area contributed by atoms with Crippen molar-refractivity contribution in [2.75, 3.05) is 6.61 Å². The first kappa shape index (κ1) is 17.4. The fraction of sp³-hybridized carbons (Fsp3) is 0.474. The largest absolute Gasteiger partial charge is 0.494 e. The van der Waals surface area contributed by atoms with Crippen LogP contribution in [0.1, 0.15) is 44.6 Å². The van der Waals surface area contributed by atoms with Gasteiger partial charge in [0, 0.05) is 18.0 Å². The summed E-state index contributed by atoms with van der Waals surface area (Å²) in [5.41, 5.74) is 2.03. The van der Waals surface area contributed by atoms with Crippen molar-refractivity contribution in [3.05, 3.63) is 42.2 Å². The predicted molar refractivity (Wildman–Crippen MR) is 91.4 cm³/mol. The van der Waals surface area contributed by atoms with Crippen LogP contribution in [0.3, 0.4) is 0 Å². The molecule has 0 saturated heterocycles. The van der Waals surface area contributed by atoms with Crippen LogP contribution >= 0.6 is 0 Å². The van der Waals surface area contributed by atoms with Crippen LogP contribution in [0.2, 0.25) is 0 Å². The lowest BCUT2D eigenvalue weighted by molar-refractivity contribution is 0.280. The Morgan fingerprint density at radius 1 is 1.04 bits per heavy atom. The molecule has 124 valence electrons. The van der Waals surface area contributed by atoms with Gasteiger partial charge >= 0.3 is 0 Å². The van der Waals surface area contributed by atoms with E-state index in [4.69, 9.17) is 4.74 Å². The van der Waals surface area contributed by atoms with Crippen LogP contribution in [-0.2, 0) is 0 Å². The molecular weight excluding hydrogens is 291 g/mol. The van der Waals surface area contributed by atoms with E-state index in [2.05, 4.69) is 9.97 Å². The number of ether oxygens (including phenoxy) is 1. The molecule has 0 fully saturated rings. The van der Waals surface area contributed by atoms with E-state index in [0.29, 0.717) is 19.4 Å². The molecule has 0 amide bonds. The number of hydrogen-bond acceptors (Lipinski definition) is 3. The lowest BCUT2D eigenvalue weighted by atomic mass is 10.1. The maximum Gasteiger partial charge on any atom is 0.159 e. The molecule has 0 aliphatic rings. The number of alkyl halides is 1. The summed E-state index contributed by atoms with van der Waals surface area (Å²) < 4.78 is 18.8. The molecular formula is C19H25FN2O. The van der Waals surface area contributed by atoms with Crippen LogP contribution < -0.4 is 4.74 Å². The molecule has 0 spiro atoms. The third-order valence-electron chi connectivity index (χ3n) is 3.77. The topological polar surface area (TPSA) is 35.0 Å². The summed E-state index contributed by atoms with van der Waals surface area (Å²) in [6.07, 6.45) is 7.17. The van der Waals surface area contributed by atoms with Gasteiger partial charge in [0.05, 0.1) is 12.8 Å². The van der Waals surface area contributed by atoms with Crippen LogP contribution in [0.25, 0.3) is 11.4 Å². The molecule has 0 bridgehead atoms. The Balaban J connectivity index is 1.72. The summed E-state index contributed by atoms with van der Waals surface area (Å²) in [6, 6.07) is 7.81. The minimum absolute atomic E-state index is 0.619. The highest BCUT2D eigenvalue weighted by Gasteiger charge is 2.03. The highest BCUT2D eigenvalue weighted by Crippen LogP contribution is 2.19. The Hall–Kier alpha value is -1.97. The summed E-state index contributed by atoms with van der Waals surface area (Å²) in [4.78, 5) is 8.63. The van der Waals surface area contributed by atoms with Crippen LogP contribution in [0.5, 0.6) is 5.75 Å². The van der Waals surface area contributed by atoms with Crippen molar-refractivity contribution in [2.45, 2.75) is 52.1 Å². The van der Waals surface area contributed by atoms with Crippen molar-refractivity contribution < 1.29 is 9.13 Å². The number of unbranched alkanes of at least 4 members (excludes halogenated alkanes) is 2. The van der Waals surface area contributed by atoms with Crippen LogP contribution in [0, 0.1) is 6.92 Å². The van der Waals surface area contributed by atoms with Gasteiger partial charge in [0.25, 0.3) is 0 Å². The van der Waals surface area contributed by atoms with Gasteiger partial charge in [0.2, 0.25) is 0 Å². The Morgan fingerprint density at radius 3 is 2.39 bits per heavy atom. The Bertz CT molecular complexity index is 569. The maximum absolute atomic E-state index is 13.1. The first-order valence-corrected chi connectivity index (χ1v) is 8.35. The van der Waals surface area contributed by atoms with Gasteiger partial charge in [-0.25, -0.2) is 14.4 Å². The van der Waals surface area contributed by atoms with Gasteiger partial charge in [-0.05, 0) is 62.4 Å². The van der Waals surface area contributed by atoms with E-state index >= 15 is 0 Å². The number of rotatable bonds is 9. The Kier molecular flexibility index (Phi) is 6.98. The SMILES string of the molecule is CC[C@H](F)CCCCCOc1ccc(-c2ncc(C)cn2)cc1. The number of halogens is 1. The minimum Gasteiger partial charge on any atom is -0.494 e. The van der Waals surface area contributed by atoms with Crippen molar-refractivity contribution in [3.63, 3.8) is 0 Å². The van der Waals surface area contributed by atoms with Gasteiger partial charge in [-0.2, -0.15) is 0 Å². The summed E-state index contributed by atoms with van der Waals surface area (Å²) >= 11 is 0. The van der Waals surface area contributed by atoms with Gasteiger partial charge in [0.1, 0.15) is 5.75 Å². The fourth-order valence-corrected chi connectivity index (χ4v) is 2.28. The molecule has 3 nitrogen and oxygen atoms in total. The van der Waals surface area contributed by atoms with Crippen molar-refractivity contribution >= 4 is 0 Å². The van der Waals surface area contributed by atoms with E-state index in [0.717, 1.165) is 42.0 Å². The highest BCUT2D eigenvalue weighted by molar-refractivity contribution is 5.55. The first-order chi connectivity index (χ1) is 11.2. The second-order valence-electron chi connectivity index (χ2n) is 5.81. The van der Waals surface area contributed by atoms with E-state index in [1.165, 1.54) is 0 Å². The summed E-state index contributed by atoms with van der Waals surface area (Å²) in [7, 11) is 0. The number of nitrogens with zero attached hydrogens (tertiary/aromatic N) is 2. The van der Waals surface area contributed by atoms with Crippen LogP contribution in [0.15, 0.2) is 36.7 Å². The molecule has 0 unspecified atom stereocenters. The zero-order valence-electron chi connectivity index (χ0n) is 14.0. The average Bonchev–Trinajstić information content (AvgIpc) is 2.59. The highest BCUT2D eigenvalue weighted by atomic mass is 19.1. The average molecular weight is 316 g/mol. The van der Waals surface area contributed by atoms with Gasteiger partial charge in [-0.3, -0.25) is 0 Å². The maximum atomic E-state index is 13.1. The van der Waals surface area contributed by atoms with Crippen molar-refractivity contribution in [2.24, 2.45) is 0 Å². The monoisotopic (exact) mass is 316 g/mol. The zero-order valence-corrected chi connectivity index (χ0v) is 14.0. The summed E-state index contributed by atoms with van der Waals surface area (Å²) in [5.74, 6) is 1.57. The molecule has 23 heavy (non-hydrogen) atoms. The molecule has 0 aliphatic carbocycles. The van der Waals surface area contributed by atoms with Crippen molar-refractivity contribution in [1.82, 2.24) is 9.97 Å². The third-order valence-corrected chi connectivity index (χ3v) is 3.77. The van der Waals surface area contributed by atoms with Gasteiger partial charge < -0.3 is 4.74 Å². The normalized spacial score (nSPS) is 12.1. The minimum atomic E-state index is -0.646. The predicted octanol–water partition coefficient (Wildman–Crippen LogP) is 5.14. The first-order valence-electron chi connectivity index (χ1n) is 8.35. The number of aryl methyl sites for hydroxylation is 1. The number of hydrogen-bond donors (Lipinski definition) is 0. The number of benzene rings is 1. The lowest BCUT2D eigenvalue weighted by Crippen LogP contribution is -2.00. The third kappa shape index (κ3) is 5.97. The van der Waals surface area contributed by atoms with E-state index in [9.17, 15) is 4.39 Å². The standard InChI is InChI=1S/C19H25FN2O/c1-3-17(20)7-5-4-6-12-23-18-10-8-16(9-11-18)19-21-13-15(2)14-22-19/h8-11,13-14,17H,3-7,12H2,1-2H3/t17-/m0/s1. The summed E-state index contributed by atoms with van der Waals surface area (Å²) in [6.45, 7) is 4.53. The molecule has 4 heteroatoms. The second kappa shape index (κ2) is 9.23.